The van der Waals surface area contributed by atoms with Crippen LogP contribution in [0, 0.1) is 0 Å². The van der Waals surface area contributed by atoms with Gasteiger partial charge in [0, 0.05) is 18.0 Å². The first-order chi connectivity index (χ1) is 10.7. The molecule has 0 spiro atoms. The van der Waals surface area contributed by atoms with Crippen molar-refractivity contribution in [3.05, 3.63) is 35.9 Å². The zero-order valence-corrected chi connectivity index (χ0v) is 13.1. The number of ether oxygens (including phenoxy) is 2. The molecule has 2 aliphatic rings. The van der Waals surface area contributed by atoms with Crippen molar-refractivity contribution in [2.75, 3.05) is 13.7 Å². The van der Waals surface area contributed by atoms with Crippen LogP contribution in [0.5, 0.6) is 11.5 Å². The second kappa shape index (κ2) is 6.42. The molecule has 0 aromatic heterocycles. The minimum absolute atomic E-state index is 0.0350. The molecule has 1 heterocycles. The van der Waals surface area contributed by atoms with Gasteiger partial charge < -0.3 is 14.8 Å². The van der Waals surface area contributed by atoms with Crippen LogP contribution in [0.4, 0.5) is 0 Å². The third kappa shape index (κ3) is 3.11. The average Bonchev–Trinajstić information content (AvgIpc) is 3.03. The lowest BCUT2D eigenvalue weighted by molar-refractivity contribution is -0.118. The lowest BCUT2D eigenvalue weighted by atomic mass is 9.89. The summed E-state index contributed by atoms with van der Waals surface area (Å²) in [6, 6.07) is 6.07. The van der Waals surface area contributed by atoms with Gasteiger partial charge in [-0.3, -0.25) is 4.79 Å². The Morgan fingerprint density at radius 2 is 2.00 bits per heavy atom. The van der Waals surface area contributed by atoms with Crippen molar-refractivity contribution in [3.8, 4) is 11.5 Å². The van der Waals surface area contributed by atoms with Crippen LogP contribution < -0.4 is 14.8 Å². The van der Waals surface area contributed by atoms with Gasteiger partial charge in [-0.1, -0.05) is 12.6 Å². The molecule has 1 aliphatic carbocycles. The van der Waals surface area contributed by atoms with Crippen LogP contribution in [0.3, 0.4) is 0 Å². The van der Waals surface area contributed by atoms with E-state index in [1.165, 1.54) is 12.8 Å². The molecular weight excluding hydrogens is 278 g/mol. The number of amides is 1. The number of methoxy groups -OCH3 is 1. The van der Waals surface area contributed by atoms with Gasteiger partial charge in [0.05, 0.1) is 13.2 Å². The topological polar surface area (TPSA) is 47.6 Å². The molecule has 0 radical (unpaired) electrons. The fraction of sp³-hybridized carbons (Fsp3) is 0.500. The summed E-state index contributed by atoms with van der Waals surface area (Å²) in [5, 5.41) is 2.89. The van der Waals surface area contributed by atoms with E-state index in [-0.39, 0.29) is 11.8 Å². The summed E-state index contributed by atoms with van der Waals surface area (Å²) in [7, 11) is 1.67. The van der Waals surface area contributed by atoms with Crippen molar-refractivity contribution in [2.45, 2.75) is 44.1 Å². The molecule has 1 saturated carbocycles. The van der Waals surface area contributed by atoms with Crippen LogP contribution in [-0.2, 0) is 4.79 Å². The highest BCUT2D eigenvalue weighted by molar-refractivity contribution is 5.93. The first kappa shape index (κ1) is 14.9. The van der Waals surface area contributed by atoms with E-state index in [2.05, 4.69) is 24.0 Å². The molecule has 1 amide bonds. The lowest BCUT2D eigenvalue weighted by Crippen LogP contribution is -2.35. The zero-order chi connectivity index (χ0) is 15.5. The van der Waals surface area contributed by atoms with Gasteiger partial charge in [0.15, 0.2) is 11.5 Å². The number of hydrogen-bond acceptors (Lipinski definition) is 3. The number of nitrogens with one attached hydrogen (secondary N) is 1. The van der Waals surface area contributed by atoms with Crippen LogP contribution in [0.25, 0.3) is 0 Å². The van der Waals surface area contributed by atoms with E-state index in [1.54, 1.807) is 7.11 Å². The largest absolute Gasteiger partial charge is 0.493 e. The maximum absolute atomic E-state index is 11.5. The summed E-state index contributed by atoms with van der Waals surface area (Å²) in [6.07, 6.45) is 5.70. The van der Waals surface area contributed by atoms with Gasteiger partial charge in [-0.05, 0) is 49.8 Å². The molecule has 0 bridgehead atoms. The van der Waals surface area contributed by atoms with E-state index in [9.17, 15) is 4.79 Å². The molecule has 1 N–H and O–H groups in total. The van der Waals surface area contributed by atoms with Gasteiger partial charge in [-0.25, -0.2) is 0 Å². The highest BCUT2D eigenvalue weighted by Crippen LogP contribution is 2.36. The molecule has 2 fully saturated rings. The van der Waals surface area contributed by atoms with E-state index in [0.29, 0.717) is 24.6 Å². The third-order valence-corrected chi connectivity index (χ3v) is 4.58. The molecule has 1 atom stereocenters. The van der Waals surface area contributed by atoms with Gasteiger partial charge in [0.2, 0.25) is 5.91 Å². The fourth-order valence-corrected chi connectivity index (χ4v) is 3.26. The third-order valence-electron chi connectivity index (χ3n) is 4.58. The van der Waals surface area contributed by atoms with Crippen LogP contribution in [0.15, 0.2) is 30.4 Å². The minimum atomic E-state index is -0.0350. The Labute approximate surface area is 131 Å². The summed E-state index contributed by atoms with van der Waals surface area (Å²) in [5.41, 5.74) is 1.81. The van der Waals surface area contributed by atoms with Crippen LogP contribution in [-0.4, -0.2) is 25.7 Å². The Bertz CT molecular complexity index is 576. The maximum Gasteiger partial charge on any atom is 0.246 e. The van der Waals surface area contributed by atoms with Crippen molar-refractivity contribution in [2.24, 2.45) is 0 Å². The van der Waals surface area contributed by atoms with E-state index >= 15 is 0 Å². The number of hydrogen-bond donors (Lipinski definition) is 1. The van der Waals surface area contributed by atoms with Crippen LogP contribution >= 0.6 is 0 Å². The normalized spacial score (nSPS) is 22.5. The molecule has 1 aliphatic heterocycles. The van der Waals surface area contributed by atoms with Gasteiger partial charge in [-0.15, -0.1) is 0 Å². The molecule has 1 saturated heterocycles. The molecule has 22 heavy (non-hydrogen) atoms. The molecule has 4 heteroatoms. The Hall–Kier alpha value is -1.97. The predicted molar refractivity (Wildman–Crippen MR) is 85.4 cm³/mol. The Morgan fingerprint density at radius 1 is 1.23 bits per heavy atom. The standard InChI is InChI=1S/C18H23NO3/c1-12-9-14(11-19-18(12)20)13-7-8-16(21-2)17(10-13)22-15-5-3-4-6-15/h7-8,10,14-15H,1,3-6,9,11H2,2H3,(H,19,20). The van der Waals surface area contributed by atoms with Crippen molar-refractivity contribution < 1.29 is 14.3 Å². The molecule has 118 valence electrons. The second-order valence-electron chi connectivity index (χ2n) is 6.15. The molecular formula is C18H23NO3. The van der Waals surface area contributed by atoms with Crippen LogP contribution in [0.1, 0.15) is 43.6 Å². The van der Waals surface area contributed by atoms with Crippen molar-refractivity contribution in [1.82, 2.24) is 5.32 Å². The molecule has 1 aromatic rings. The Kier molecular flexibility index (Phi) is 4.36. The average molecular weight is 301 g/mol. The number of rotatable bonds is 4. The van der Waals surface area contributed by atoms with Crippen molar-refractivity contribution >= 4 is 5.91 Å². The number of piperidine rings is 1. The molecule has 3 rings (SSSR count). The van der Waals surface area contributed by atoms with Gasteiger partial charge in [0.25, 0.3) is 0 Å². The first-order valence-electron chi connectivity index (χ1n) is 7.98. The number of carbonyl (C=O) groups excluding carboxylic acids is 1. The number of carbonyl (C=O) groups is 1. The van der Waals surface area contributed by atoms with Gasteiger partial charge >= 0.3 is 0 Å². The smallest absolute Gasteiger partial charge is 0.246 e. The Balaban J connectivity index is 1.80. The molecule has 4 nitrogen and oxygen atoms in total. The predicted octanol–water partition coefficient (Wildman–Crippen LogP) is 3.18. The summed E-state index contributed by atoms with van der Waals surface area (Å²) < 4.78 is 11.6. The first-order valence-corrected chi connectivity index (χ1v) is 7.98. The summed E-state index contributed by atoms with van der Waals surface area (Å²) >= 11 is 0. The summed E-state index contributed by atoms with van der Waals surface area (Å²) in [6.45, 7) is 4.49. The monoisotopic (exact) mass is 301 g/mol. The fourth-order valence-electron chi connectivity index (χ4n) is 3.26. The quantitative estimate of drug-likeness (QED) is 0.869. The number of benzene rings is 1. The molecule has 1 unspecified atom stereocenters. The summed E-state index contributed by atoms with van der Waals surface area (Å²) in [4.78, 5) is 11.5. The second-order valence-corrected chi connectivity index (χ2v) is 6.15. The van der Waals surface area contributed by atoms with E-state index in [4.69, 9.17) is 9.47 Å². The van der Waals surface area contributed by atoms with E-state index in [0.717, 1.165) is 29.9 Å². The van der Waals surface area contributed by atoms with Crippen LogP contribution in [0.2, 0.25) is 0 Å². The highest BCUT2D eigenvalue weighted by atomic mass is 16.5. The SMILES string of the molecule is C=C1CC(c2ccc(OC)c(OC3CCCC3)c2)CNC1=O. The lowest BCUT2D eigenvalue weighted by Gasteiger charge is -2.25. The van der Waals surface area contributed by atoms with E-state index < -0.39 is 0 Å². The summed E-state index contributed by atoms with van der Waals surface area (Å²) in [5.74, 6) is 1.80. The van der Waals surface area contributed by atoms with E-state index in [1.807, 2.05) is 6.07 Å². The van der Waals surface area contributed by atoms with Crippen molar-refractivity contribution in [3.63, 3.8) is 0 Å². The zero-order valence-electron chi connectivity index (χ0n) is 13.1. The highest BCUT2D eigenvalue weighted by Gasteiger charge is 2.24. The Morgan fingerprint density at radius 3 is 2.68 bits per heavy atom. The van der Waals surface area contributed by atoms with Crippen molar-refractivity contribution in [1.29, 1.82) is 0 Å². The van der Waals surface area contributed by atoms with Gasteiger partial charge in [-0.2, -0.15) is 0 Å². The molecule has 1 aromatic carbocycles. The maximum atomic E-state index is 11.5. The minimum Gasteiger partial charge on any atom is -0.493 e. The van der Waals surface area contributed by atoms with Gasteiger partial charge in [0.1, 0.15) is 0 Å².